The Morgan fingerprint density at radius 1 is 1.11 bits per heavy atom. The number of nitrogens with zero attached hydrogens (tertiary/aromatic N) is 2. The molecule has 0 atom stereocenters. The van der Waals surface area contributed by atoms with Gasteiger partial charge in [-0.3, -0.25) is 9.78 Å². The molecular formula is C25H23F3N2O5S. The Hall–Kier alpha value is -3.44. The number of pyridine rings is 1. The summed E-state index contributed by atoms with van der Waals surface area (Å²) < 4.78 is 75.7. The molecule has 0 aliphatic carbocycles. The van der Waals surface area contributed by atoms with E-state index in [9.17, 15) is 26.4 Å². The molecule has 1 amide bonds. The van der Waals surface area contributed by atoms with Gasteiger partial charge in [-0.05, 0) is 37.3 Å². The van der Waals surface area contributed by atoms with Crippen LogP contribution in [-0.2, 0) is 20.8 Å². The van der Waals surface area contributed by atoms with Gasteiger partial charge >= 0.3 is 6.18 Å². The summed E-state index contributed by atoms with van der Waals surface area (Å²) in [6.07, 6.45) is -2.73. The number of sulfone groups is 1. The van der Waals surface area contributed by atoms with E-state index in [1.165, 1.54) is 13.2 Å². The normalized spacial score (nSPS) is 14.3. The molecule has 1 saturated heterocycles. The third kappa shape index (κ3) is 5.36. The number of para-hydroxylation sites is 1. The summed E-state index contributed by atoms with van der Waals surface area (Å²) in [6.45, 7) is 2.67. The van der Waals surface area contributed by atoms with Gasteiger partial charge in [0.05, 0.1) is 35.6 Å². The second-order valence-corrected chi connectivity index (χ2v) is 10.5. The number of aromatic nitrogens is 1. The van der Waals surface area contributed by atoms with E-state index in [0.29, 0.717) is 53.6 Å². The maximum Gasteiger partial charge on any atom is 0.416 e. The molecule has 1 aromatic heterocycles. The van der Waals surface area contributed by atoms with Crippen LogP contribution in [-0.4, -0.2) is 51.9 Å². The second-order valence-electron chi connectivity index (χ2n) is 8.50. The molecule has 1 fully saturated rings. The first-order valence-corrected chi connectivity index (χ1v) is 12.7. The summed E-state index contributed by atoms with van der Waals surface area (Å²) in [5, 5.41) is 0. The Morgan fingerprint density at radius 2 is 1.81 bits per heavy atom. The zero-order valence-electron chi connectivity index (χ0n) is 19.7. The molecule has 0 radical (unpaired) electrons. The van der Waals surface area contributed by atoms with Crippen LogP contribution in [0.1, 0.15) is 21.6 Å². The summed E-state index contributed by atoms with van der Waals surface area (Å²) in [5.74, 6) is -0.277. The number of hydrogen-bond acceptors (Lipinski definition) is 6. The van der Waals surface area contributed by atoms with Crippen molar-refractivity contribution in [3.63, 3.8) is 0 Å². The van der Waals surface area contributed by atoms with Crippen LogP contribution in [0.2, 0.25) is 0 Å². The fourth-order valence-corrected chi connectivity index (χ4v) is 4.37. The van der Waals surface area contributed by atoms with Crippen molar-refractivity contribution < 1.29 is 35.9 Å². The average Bonchev–Trinajstić information content (AvgIpc) is 2.79. The van der Waals surface area contributed by atoms with Crippen LogP contribution >= 0.6 is 0 Å². The smallest absolute Gasteiger partial charge is 0.416 e. The summed E-state index contributed by atoms with van der Waals surface area (Å²) in [4.78, 5) is 18.2. The van der Waals surface area contributed by atoms with Crippen molar-refractivity contribution in [3.05, 3.63) is 71.5 Å². The van der Waals surface area contributed by atoms with Gasteiger partial charge < -0.3 is 14.4 Å². The van der Waals surface area contributed by atoms with Crippen molar-refractivity contribution >= 4 is 21.4 Å². The van der Waals surface area contributed by atoms with Crippen LogP contribution in [0.5, 0.6) is 5.75 Å². The van der Waals surface area contributed by atoms with Gasteiger partial charge in [-0.15, -0.1) is 0 Å². The second kappa shape index (κ2) is 9.55. The Balaban J connectivity index is 1.79. The van der Waals surface area contributed by atoms with Crippen LogP contribution in [0.25, 0.3) is 11.1 Å². The number of amides is 1. The molecule has 11 heteroatoms. The number of carbonyl (C=O) groups is 1. The van der Waals surface area contributed by atoms with E-state index in [1.807, 2.05) is 0 Å². The van der Waals surface area contributed by atoms with Gasteiger partial charge in [0, 0.05) is 35.7 Å². The van der Waals surface area contributed by atoms with Crippen molar-refractivity contribution in [2.75, 3.05) is 31.4 Å². The van der Waals surface area contributed by atoms with Gasteiger partial charge in [0.15, 0.2) is 9.84 Å². The highest BCUT2D eigenvalue weighted by atomic mass is 32.2. The van der Waals surface area contributed by atoms with E-state index in [4.69, 9.17) is 9.47 Å². The number of alkyl halides is 3. The third-order valence-corrected chi connectivity index (χ3v) is 6.76. The van der Waals surface area contributed by atoms with Crippen molar-refractivity contribution in [2.24, 2.45) is 0 Å². The highest BCUT2D eigenvalue weighted by Gasteiger charge is 2.33. The fourth-order valence-electron chi connectivity index (χ4n) is 3.69. The maximum atomic E-state index is 13.5. The van der Waals surface area contributed by atoms with Crippen LogP contribution < -0.4 is 9.64 Å². The van der Waals surface area contributed by atoms with Crippen LogP contribution in [0.3, 0.4) is 0 Å². The molecule has 0 N–H and O–H groups in total. The minimum atomic E-state index is -4.84. The predicted octanol–water partition coefficient (Wildman–Crippen LogP) is 4.53. The molecule has 0 unspecified atom stereocenters. The van der Waals surface area contributed by atoms with Gasteiger partial charge in [0.1, 0.15) is 11.9 Å². The molecule has 7 nitrogen and oxygen atoms in total. The number of aryl methyl sites for hydroxylation is 1. The first-order chi connectivity index (χ1) is 16.8. The standard InChI is InChI=1S/C25H23F3N2O5S/c1-15-8-21(20-6-4-5-7-23(20)35-18-13-34-14-18)22(12-29-15)30(2)24(31)16-9-17(25(26,27)28)11-19(10-16)36(3,32)33/h4-12,18H,13-14H2,1-3H3. The van der Waals surface area contributed by atoms with Crippen LogP contribution in [0, 0.1) is 6.92 Å². The number of hydrogen-bond donors (Lipinski definition) is 0. The lowest BCUT2D eigenvalue weighted by molar-refractivity contribution is -0.137. The van der Waals surface area contributed by atoms with Gasteiger partial charge in [-0.25, -0.2) is 8.42 Å². The van der Waals surface area contributed by atoms with Crippen LogP contribution in [0.4, 0.5) is 18.9 Å². The van der Waals surface area contributed by atoms with E-state index < -0.39 is 37.9 Å². The number of rotatable bonds is 6. The monoisotopic (exact) mass is 520 g/mol. The zero-order valence-corrected chi connectivity index (χ0v) is 20.5. The van der Waals surface area contributed by atoms with E-state index >= 15 is 0 Å². The highest BCUT2D eigenvalue weighted by molar-refractivity contribution is 7.90. The van der Waals surface area contributed by atoms with Gasteiger partial charge in [-0.1, -0.05) is 18.2 Å². The van der Waals surface area contributed by atoms with E-state index in [2.05, 4.69) is 4.98 Å². The molecular weight excluding hydrogens is 497 g/mol. The summed E-state index contributed by atoms with van der Waals surface area (Å²) in [7, 11) is -2.62. The number of benzene rings is 2. The number of halogens is 3. The van der Waals surface area contributed by atoms with Gasteiger partial charge in [-0.2, -0.15) is 13.2 Å². The number of carbonyl (C=O) groups excluding carboxylic acids is 1. The highest BCUT2D eigenvalue weighted by Crippen LogP contribution is 2.38. The third-order valence-electron chi connectivity index (χ3n) is 5.67. The first kappa shape index (κ1) is 25.6. The Bertz CT molecular complexity index is 1420. The Morgan fingerprint density at radius 3 is 2.42 bits per heavy atom. The summed E-state index contributed by atoms with van der Waals surface area (Å²) >= 11 is 0. The molecule has 36 heavy (non-hydrogen) atoms. The van der Waals surface area contributed by atoms with Crippen LogP contribution in [0.15, 0.2) is 59.6 Å². The van der Waals surface area contributed by atoms with E-state index in [1.54, 1.807) is 37.3 Å². The Labute approximate surface area is 206 Å². The van der Waals surface area contributed by atoms with Crippen molar-refractivity contribution in [1.29, 1.82) is 0 Å². The lowest BCUT2D eigenvalue weighted by Gasteiger charge is -2.28. The fraction of sp³-hybridized carbons (Fsp3) is 0.280. The molecule has 0 spiro atoms. The summed E-state index contributed by atoms with van der Waals surface area (Å²) in [6, 6.07) is 11.0. The quantitative estimate of drug-likeness (QED) is 0.475. The topological polar surface area (TPSA) is 85.8 Å². The van der Waals surface area contributed by atoms with E-state index in [-0.39, 0.29) is 6.10 Å². The Kier molecular flexibility index (Phi) is 6.80. The number of ether oxygens (including phenoxy) is 2. The molecule has 0 saturated carbocycles. The molecule has 1 aliphatic heterocycles. The molecule has 2 heterocycles. The molecule has 1 aliphatic rings. The molecule has 4 rings (SSSR count). The minimum Gasteiger partial charge on any atom is -0.485 e. The molecule has 3 aromatic rings. The largest absolute Gasteiger partial charge is 0.485 e. The minimum absolute atomic E-state index is 0.114. The van der Waals surface area contributed by atoms with E-state index in [0.717, 1.165) is 17.2 Å². The van der Waals surface area contributed by atoms with Gasteiger partial charge in [0.2, 0.25) is 0 Å². The maximum absolute atomic E-state index is 13.5. The van der Waals surface area contributed by atoms with Crippen molar-refractivity contribution in [1.82, 2.24) is 4.98 Å². The number of anilines is 1. The SMILES string of the molecule is Cc1cc(-c2ccccc2OC2COC2)c(N(C)C(=O)c2cc(C(F)(F)F)cc(S(C)(=O)=O)c2)cn1. The molecule has 0 bridgehead atoms. The van der Waals surface area contributed by atoms with Crippen molar-refractivity contribution in [2.45, 2.75) is 24.1 Å². The lowest BCUT2D eigenvalue weighted by atomic mass is 10.0. The summed E-state index contributed by atoms with van der Waals surface area (Å²) in [5.41, 5.74) is 0.538. The van der Waals surface area contributed by atoms with Gasteiger partial charge in [0.25, 0.3) is 5.91 Å². The predicted molar refractivity (Wildman–Crippen MR) is 127 cm³/mol. The zero-order chi connectivity index (χ0) is 26.3. The van der Waals surface area contributed by atoms with Crippen molar-refractivity contribution in [3.8, 4) is 16.9 Å². The molecule has 2 aromatic carbocycles. The lowest BCUT2D eigenvalue weighted by Crippen LogP contribution is -2.38. The first-order valence-electron chi connectivity index (χ1n) is 10.9. The molecule has 190 valence electrons. The average molecular weight is 521 g/mol.